The summed E-state index contributed by atoms with van der Waals surface area (Å²) in [6.45, 7) is 4.93. The van der Waals surface area contributed by atoms with Gasteiger partial charge in [-0.15, -0.1) is 0 Å². The summed E-state index contributed by atoms with van der Waals surface area (Å²) < 4.78 is 0. The minimum atomic E-state index is -0.0830. The fourth-order valence-electron chi connectivity index (χ4n) is 2.09. The molecule has 0 heterocycles. The predicted molar refractivity (Wildman–Crippen MR) is 89.1 cm³/mol. The summed E-state index contributed by atoms with van der Waals surface area (Å²) in [5, 5.41) is 2.87. The molecule has 122 valence electrons. The molecule has 2 amide bonds. The van der Waals surface area contributed by atoms with Gasteiger partial charge in [0.2, 0.25) is 0 Å². The molecular weight excluding hydrogens is 278 g/mol. The summed E-state index contributed by atoms with van der Waals surface area (Å²) >= 11 is 0. The van der Waals surface area contributed by atoms with E-state index in [1.165, 1.54) is 10.5 Å². The molecule has 2 atom stereocenters. The van der Waals surface area contributed by atoms with Gasteiger partial charge in [-0.1, -0.05) is 26.0 Å². The van der Waals surface area contributed by atoms with Gasteiger partial charge in [0.1, 0.15) is 0 Å². The molecule has 22 heavy (non-hydrogen) atoms. The Labute approximate surface area is 133 Å². The Balaban J connectivity index is 2.49. The summed E-state index contributed by atoms with van der Waals surface area (Å²) in [6, 6.07) is 7.96. The van der Waals surface area contributed by atoms with Crippen molar-refractivity contribution < 1.29 is 14.5 Å². The lowest BCUT2D eigenvalue weighted by Crippen LogP contribution is -3.11. The van der Waals surface area contributed by atoms with Gasteiger partial charge in [0.05, 0.1) is 7.05 Å². The first kappa shape index (κ1) is 18.2. The third-order valence-corrected chi connectivity index (χ3v) is 3.79. The topological polar surface area (TPSA) is 53.9 Å². The number of nitrogens with one attached hydrogen (secondary N) is 2. The second kappa shape index (κ2) is 8.54. The highest BCUT2D eigenvalue weighted by molar-refractivity contribution is 5.91. The fraction of sp³-hybridized carbons (Fsp3) is 0.529. The first-order valence-corrected chi connectivity index (χ1v) is 7.74. The van der Waals surface area contributed by atoms with Gasteiger partial charge >= 0.3 is 0 Å². The first-order chi connectivity index (χ1) is 10.3. The molecule has 1 aromatic carbocycles. The van der Waals surface area contributed by atoms with Crippen molar-refractivity contribution in [1.82, 2.24) is 4.90 Å². The highest BCUT2D eigenvalue weighted by atomic mass is 16.2. The van der Waals surface area contributed by atoms with Crippen molar-refractivity contribution in [1.29, 1.82) is 0 Å². The number of hydrogen-bond donors (Lipinski definition) is 2. The van der Waals surface area contributed by atoms with Gasteiger partial charge in [0.15, 0.2) is 13.1 Å². The van der Waals surface area contributed by atoms with Gasteiger partial charge in [-0.3, -0.25) is 9.59 Å². The molecular formula is C17H28N3O2+. The maximum atomic E-state index is 12.0. The van der Waals surface area contributed by atoms with Crippen molar-refractivity contribution in [3.05, 3.63) is 29.8 Å². The van der Waals surface area contributed by atoms with Gasteiger partial charge in [0.25, 0.3) is 11.8 Å². The van der Waals surface area contributed by atoms with E-state index >= 15 is 0 Å². The molecule has 0 aliphatic carbocycles. The predicted octanol–water partition coefficient (Wildman–Crippen LogP) is 0.742. The summed E-state index contributed by atoms with van der Waals surface area (Å²) in [6.07, 6.45) is 1.10. The number of nitrogens with zero attached hydrogens (tertiary/aromatic N) is 1. The summed E-state index contributed by atoms with van der Waals surface area (Å²) in [5.41, 5.74) is 2.07. The van der Waals surface area contributed by atoms with Crippen molar-refractivity contribution in [2.75, 3.05) is 39.5 Å². The van der Waals surface area contributed by atoms with Crippen LogP contribution in [0.15, 0.2) is 24.3 Å². The zero-order valence-electron chi connectivity index (χ0n) is 14.3. The van der Waals surface area contributed by atoms with E-state index in [-0.39, 0.29) is 18.4 Å². The highest BCUT2D eigenvalue weighted by Gasteiger charge is 2.15. The molecule has 0 saturated heterocycles. The maximum Gasteiger partial charge on any atom is 0.279 e. The molecule has 2 N–H and O–H groups in total. The number of carbonyl (C=O) groups is 2. The molecule has 1 unspecified atom stereocenters. The normalized spacial score (nSPS) is 13.3. The molecule has 0 radical (unpaired) electrons. The number of carbonyl (C=O) groups excluding carboxylic acids is 2. The van der Waals surface area contributed by atoms with E-state index in [9.17, 15) is 9.59 Å². The SMILES string of the molecule is CC[C@H](C)c1ccc(NC(=O)C[NH+](C)CC(=O)N(C)C)cc1. The van der Waals surface area contributed by atoms with Crippen molar-refractivity contribution in [2.24, 2.45) is 0 Å². The molecule has 1 rings (SSSR count). The molecule has 0 aliphatic rings. The van der Waals surface area contributed by atoms with Crippen molar-refractivity contribution in [3.8, 4) is 0 Å². The van der Waals surface area contributed by atoms with Crippen molar-refractivity contribution in [3.63, 3.8) is 0 Å². The molecule has 0 aliphatic heterocycles. The van der Waals surface area contributed by atoms with Gasteiger partial charge in [-0.05, 0) is 30.0 Å². The lowest BCUT2D eigenvalue weighted by molar-refractivity contribution is -0.862. The largest absolute Gasteiger partial charge is 0.344 e. The van der Waals surface area contributed by atoms with Crippen LogP contribution in [0.3, 0.4) is 0 Å². The van der Waals surface area contributed by atoms with Gasteiger partial charge < -0.3 is 15.1 Å². The van der Waals surface area contributed by atoms with Crippen LogP contribution in [-0.2, 0) is 9.59 Å². The van der Waals surface area contributed by atoms with Crippen LogP contribution >= 0.6 is 0 Å². The Morgan fingerprint density at radius 2 is 1.77 bits per heavy atom. The monoisotopic (exact) mass is 306 g/mol. The van der Waals surface area contributed by atoms with Gasteiger partial charge in [0, 0.05) is 19.8 Å². The Morgan fingerprint density at radius 3 is 2.27 bits per heavy atom. The average molecular weight is 306 g/mol. The van der Waals surface area contributed by atoms with E-state index in [0.717, 1.165) is 17.0 Å². The van der Waals surface area contributed by atoms with Crippen LogP contribution in [0.2, 0.25) is 0 Å². The fourth-order valence-corrected chi connectivity index (χ4v) is 2.09. The minimum Gasteiger partial charge on any atom is -0.344 e. The molecule has 1 aromatic rings. The maximum absolute atomic E-state index is 12.0. The third-order valence-electron chi connectivity index (χ3n) is 3.79. The standard InChI is InChI=1S/C17H27N3O2/c1-6-13(2)14-7-9-15(10-8-14)18-16(21)11-20(5)12-17(22)19(3)4/h7-10,13H,6,11-12H2,1-5H3,(H,18,21)/p+1/t13-/m0/s1. The number of rotatable bonds is 7. The van der Waals surface area contributed by atoms with Crippen molar-refractivity contribution >= 4 is 17.5 Å². The van der Waals surface area contributed by atoms with Crippen LogP contribution < -0.4 is 10.2 Å². The molecule has 0 bridgehead atoms. The molecule has 0 aromatic heterocycles. The zero-order valence-corrected chi connectivity index (χ0v) is 14.3. The number of anilines is 1. The van der Waals surface area contributed by atoms with Crippen LogP contribution in [0.1, 0.15) is 31.7 Å². The van der Waals surface area contributed by atoms with E-state index in [4.69, 9.17) is 0 Å². The number of quaternary nitrogens is 1. The van der Waals surface area contributed by atoms with Crippen LogP contribution in [-0.4, -0.2) is 50.9 Å². The zero-order chi connectivity index (χ0) is 16.7. The Bertz CT molecular complexity index is 497. The lowest BCUT2D eigenvalue weighted by Gasteiger charge is -2.16. The first-order valence-electron chi connectivity index (χ1n) is 7.74. The van der Waals surface area contributed by atoms with E-state index in [0.29, 0.717) is 12.5 Å². The van der Waals surface area contributed by atoms with Gasteiger partial charge in [-0.25, -0.2) is 0 Å². The van der Waals surface area contributed by atoms with Crippen LogP contribution in [0.25, 0.3) is 0 Å². The minimum absolute atomic E-state index is 0.0169. The van der Waals surface area contributed by atoms with Crippen LogP contribution in [0.5, 0.6) is 0 Å². The second-order valence-corrected chi connectivity index (χ2v) is 6.08. The molecule has 0 spiro atoms. The molecule has 5 heteroatoms. The number of likely N-dealkylation sites (N-methyl/N-ethyl adjacent to an activating group) is 2. The smallest absolute Gasteiger partial charge is 0.279 e. The third kappa shape index (κ3) is 5.85. The average Bonchev–Trinajstić information content (AvgIpc) is 2.46. The highest BCUT2D eigenvalue weighted by Crippen LogP contribution is 2.20. The van der Waals surface area contributed by atoms with Crippen molar-refractivity contribution in [2.45, 2.75) is 26.2 Å². The quantitative estimate of drug-likeness (QED) is 0.781. The Morgan fingerprint density at radius 1 is 1.18 bits per heavy atom. The van der Waals surface area contributed by atoms with Gasteiger partial charge in [-0.2, -0.15) is 0 Å². The van der Waals surface area contributed by atoms with Crippen LogP contribution in [0, 0.1) is 0 Å². The van der Waals surface area contributed by atoms with E-state index in [1.807, 2.05) is 19.2 Å². The summed E-state index contributed by atoms with van der Waals surface area (Å²) in [7, 11) is 5.27. The summed E-state index contributed by atoms with van der Waals surface area (Å²) in [5.74, 6) is 0.459. The number of hydrogen-bond acceptors (Lipinski definition) is 2. The number of benzene rings is 1. The van der Waals surface area contributed by atoms with Crippen LogP contribution in [0.4, 0.5) is 5.69 Å². The molecule has 0 fully saturated rings. The Kier molecular flexibility index (Phi) is 7.05. The Hall–Kier alpha value is -1.88. The lowest BCUT2D eigenvalue weighted by atomic mass is 9.99. The summed E-state index contributed by atoms with van der Waals surface area (Å²) in [4.78, 5) is 26.0. The molecule has 0 saturated carbocycles. The molecule has 5 nitrogen and oxygen atoms in total. The van der Waals surface area contributed by atoms with E-state index in [2.05, 4.69) is 31.3 Å². The van der Waals surface area contributed by atoms with E-state index < -0.39 is 0 Å². The second-order valence-electron chi connectivity index (χ2n) is 6.08. The number of amides is 2. The van der Waals surface area contributed by atoms with E-state index in [1.54, 1.807) is 14.1 Å².